The second kappa shape index (κ2) is 7.69. The van der Waals surface area contributed by atoms with Gasteiger partial charge in [-0.2, -0.15) is 0 Å². The van der Waals surface area contributed by atoms with Crippen LogP contribution in [0.1, 0.15) is 13.8 Å². The molecule has 1 atom stereocenters. The Kier molecular flexibility index (Phi) is 6.24. The van der Waals surface area contributed by atoms with Crippen molar-refractivity contribution in [3.05, 3.63) is 29.0 Å². The molecule has 0 aliphatic rings. The second-order valence-electron chi connectivity index (χ2n) is 3.89. The van der Waals surface area contributed by atoms with E-state index in [1.165, 1.54) is 13.0 Å². The highest BCUT2D eigenvalue weighted by atomic mass is 35.5. The lowest BCUT2D eigenvalue weighted by Gasteiger charge is -2.13. The third-order valence-electron chi connectivity index (χ3n) is 2.27. The molecule has 0 spiro atoms. The number of likely N-dealkylation sites (N-methyl/N-ethyl adjacent to an activating group) is 1. The predicted octanol–water partition coefficient (Wildman–Crippen LogP) is 1.93. The lowest BCUT2D eigenvalue weighted by atomic mass is 10.3. The summed E-state index contributed by atoms with van der Waals surface area (Å²) in [6.45, 7) is 3.23. The molecular formula is C13H15ClFNO4. The minimum Gasteiger partial charge on any atom is -0.480 e. The number of hydrogen-bond acceptors (Lipinski definition) is 4. The van der Waals surface area contributed by atoms with E-state index in [0.29, 0.717) is 6.54 Å². The van der Waals surface area contributed by atoms with Gasteiger partial charge in [0, 0.05) is 6.54 Å². The molecule has 5 nitrogen and oxygen atoms in total. The van der Waals surface area contributed by atoms with Crippen molar-refractivity contribution in [1.29, 1.82) is 0 Å². The number of carbonyl (C=O) groups is 2. The van der Waals surface area contributed by atoms with Crippen LogP contribution in [0.2, 0.25) is 5.02 Å². The molecule has 7 heteroatoms. The molecule has 20 heavy (non-hydrogen) atoms. The molecule has 0 aliphatic carbocycles. The van der Waals surface area contributed by atoms with Crippen molar-refractivity contribution in [2.24, 2.45) is 0 Å². The van der Waals surface area contributed by atoms with Gasteiger partial charge in [-0.15, -0.1) is 0 Å². The summed E-state index contributed by atoms with van der Waals surface area (Å²) in [6, 6.07) is 3.53. The first-order valence-electron chi connectivity index (χ1n) is 5.99. The Morgan fingerprint density at radius 3 is 2.75 bits per heavy atom. The molecule has 0 saturated heterocycles. The Hall–Kier alpha value is -1.82. The van der Waals surface area contributed by atoms with Gasteiger partial charge in [-0.25, -0.2) is 9.18 Å². The number of esters is 1. The third-order valence-corrected chi connectivity index (χ3v) is 2.56. The van der Waals surface area contributed by atoms with Gasteiger partial charge in [-0.3, -0.25) is 4.79 Å². The number of rotatable bonds is 6. The van der Waals surface area contributed by atoms with Crippen LogP contribution in [0.5, 0.6) is 5.75 Å². The molecular weight excluding hydrogens is 289 g/mol. The van der Waals surface area contributed by atoms with Crippen molar-refractivity contribution >= 4 is 23.5 Å². The van der Waals surface area contributed by atoms with Crippen molar-refractivity contribution in [1.82, 2.24) is 5.32 Å². The fourth-order valence-electron chi connectivity index (χ4n) is 1.33. The number of nitrogens with one attached hydrogen (secondary N) is 1. The zero-order valence-electron chi connectivity index (χ0n) is 11.1. The normalized spacial score (nSPS) is 11.6. The fourth-order valence-corrected chi connectivity index (χ4v) is 1.55. The summed E-state index contributed by atoms with van der Waals surface area (Å²) in [4.78, 5) is 22.8. The largest absolute Gasteiger partial charge is 0.480 e. The van der Waals surface area contributed by atoms with Crippen molar-refractivity contribution in [3.8, 4) is 5.75 Å². The molecule has 110 valence electrons. The lowest BCUT2D eigenvalue weighted by molar-refractivity contribution is -0.156. The third kappa shape index (κ3) is 5.05. The molecule has 1 rings (SSSR count). The van der Waals surface area contributed by atoms with Crippen LogP contribution in [0.3, 0.4) is 0 Å². The summed E-state index contributed by atoms with van der Waals surface area (Å²) < 4.78 is 22.7. The number of benzene rings is 1. The zero-order valence-corrected chi connectivity index (χ0v) is 11.9. The number of carbonyl (C=O) groups excluding carboxylic acids is 2. The molecule has 1 amide bonds. The Morgan fingerprint density at radius 1 is 1.45 bits per heavy atom. The van der Waals surface area contributed by atoms with Gasteiger partial charge < -0.3 is 14.8 Å². The van der Waals surface area contributed by atoms with E-state index in [2.05, 4.69) is 5.32 Å². The maximum atomic E-state index is 12.8. The minimum absolute atomic E-state index is 0.0505. The van der Waals surface area contributed by atoms with Gasteiger partial charge in [0.05, 0.1) is 5.02 Å². The van der Waals surface area contributed by atoms with Crippen LogP contribution >= 0.6 is 11.6 Å². The van der Waals surface area contributed by atoms with E-state index in [1.54, 1.807) is 6.92 Å². The first-order valence-corrected chi connectivity index (χ1v) is 6.37. The predicted molar refractivity (Wildman–Crippen MR) is 71.1 cm³/mol. The maximum absolute atomic E-state index is 12.8. The van der Waals surface area contributed by atoms with E-state index in [9.17, 15) is 14.0 Å². The van der Waals surface area contributed by atoms with E-state index in [0.717, 1.165) is 12.1 Å². The van der Waals surface area contributed by atoms with Crippen molar-refractivity contribution < 1.29 is 23.5 Å². The smallest absolute Gasteiger partial charge is 0.344 e. The SMILES string of the molecule is CCNC(=O)[C@@H](C)OC(=O)COc1ccc(F)cc1Cl. The van der Waals surface area contributed by atoms with Crippen LogP contribution in [0.15, 0.2) is 18.2 Å². The highest BCUT2D eigenvalue weighted by Gasteiger charge is 2.17. The van der Waals surface area contributed by atoms with E-state index in [-0.39, 0.29) is 16.7 Å². The molecule has 0 aliphatic heterocycles. The Morgan fingerprint density at radius 2 is 2.15 bits per heavy atom. The average Bonchev–Trinajstić information content (AvgIpc) is 2.37. The fraction of sp³-hybridized carbons (Fsp3) is 0.385. The minimum atomic E-state index is -0.908. The van der Waals surface area contributed by atoms with Crippen LogP contribution in [-0.2, 0) is 14.3 Å². The Bertz CT molecular complexity index is 495. The molecule has 1 aromatic carbocycles. The van der Waals surface area contributed by atoms with E-state index >= 15 is 0 Å². The zero-order chi connectivity index (χ0) is 15.1. The van der Waals surface area contributed by atoms with Gasteiger partial charge in [0.25, 0.3) is 5.91 Å². The molecule has 0 aromatic heterocycles. The second-order valence-corrected chi connectivity index (χ2v) is 4.30. The average molecular weight is 304 g/mol. The summed E-state index contributed by atoms with van der Waals surface area (Å²) in [6.07, 6.45) is -0.908. The van der Waals surface area contributed by atoms with Crippen molar-refractivity contribution in [3.63, 3.8) is 0 Å². The van der Waals surface area contributed by atoms with Crippen LogP contribution in [-0.4, -0.2) is 31.1 Å². The number of hydrogen-bond donors (Lipinski definition) is 1. The monoisotopic (exact) mass is 303 g/mol. The molecule has 0 bridgehead atoms. The summed E-state index contributed by atoms with van der Waals surface area (Å²) in [7, 11) is 0. The van der Waals surface area contributed by atoms with Gasteiger partial charge in [0.2, 0.25) is 0 Å². The quantitative estimate of drug-likeness (QED) is 0.816. The van der Waals surface area contributed by atoms with Crippen molar-refractivity contribution in [2.45, 2.75) is 20.0 Å². The number of amides is 1. The topological polar surface area (TPSA) is 64.6 Å². The molecule has 0 radical (unpaired) electrons. The van der Waals surface area contributed by atoms with Gasteiger partial charge in [-0.1, -0.05) is 11.6 Å². The lowest BCUT2D eigenvalue weighted by Crippen LogP contribution is -2.36. The summed E-state index contributed by atoms with van der Waals surface area (Å²) in [5, 5.41) is 2.57. The van der Waals surface area contributed by atoms with Gasteiger partial charge in [0.1, 0.15) is 11.6 Å². The van der Waals surface area contributed by atoms with Crippen LogP contribution in [0, 0.1) is 5.82 Å². The Balaban J connectivity index is 2.45. The first kappa shape index (κ1) is 16.2. The highest BCUT2D eigenvalue weighted by molar-refractivity contribution is 6.32. The maximum Gasteiger partial charge on any atom is 0.344 e. The first-order chi connectivity index (χ1) is 9.43. The highest BCUT2D eigenvalue weighted by Crippen LogP contribution is 2.24. The van der Waals surface area contributed by atoms with E-state index in [4.69, 9.17) is 21.1 Å². The Labute approximate surface area is 121 Å². The summed E-state index contributed by atoms with van der Waals surface area (Å²) in [5.74, 6) is -1.45. The summed E-state index contributed by atoms with van der Waals surface area (Å²) >= 11 is 5.73. The number of halogens is 2. The standard InChI is InChI=1S/C13H15ClFNO4/c1-3-16-13(18)8(2)20-12(17)7-19-11-5-4-9(15)6-10(11)14/h4-6,8H,3,7H2,1-2H3,(H,16,18)/t8-/m1/s1. The van der Waals surface area contributed by atoms with Crippen LogP contribution in [0.4, 0.5) is 4.39 Å². The number of ether oxygens (including phenoxy) is 2. The molecule has 0 fully saturated rings. The van der Waals surface area contributed by atoms with E-state index < -0.39 is 24.5 Å². The molecule has 1 N–H and O–H groups in total. The molecule has 0 unspecified atom stereocenters. The van der Waals surface area contributed by atoms with Crippen LogP contribution < -0.4 is 10.1 Å². The molecule has 1 aromatic rings. The van der Waals surface area contributed by atoms with Gasteiger partial charge in [0.15, 0.2) is 12.7 Å². The molecule has 0 saturated carbocycles. The van der Waals surface area contributed by atoms with E-state index in [1.807, 2.05) is 0 Å². The van der Waals surface area contributed by atoms with Crippen molar-refractivity contribution in [2.75, 3.05) is 13.2 Å². The van der Waals surface area contributed by atoms with Gasteiger partial charge >= 0.3 is 5.97 Å². The van der Waals surface area contributed by atoms with Gasteiger partial charge in [-0.05, 0) is 32.0 Å². The molecule has 0 heterocycles. The summed E-state index contributed by atoms with van der Waals surface area (Å²) in [5.41, 5.74) is 0. The van der Waals surface area contributed by atoms with Crippen LogP contribution in [0.25, 0.3) is 0 Å².